The number of aromatic nitrogens is 1. The highest BCUT2D eigenvalue weighted by Gasteiger charge is 2.49. The second-order valence-electron chi connectivity index (χ2n) is 8.38. The van der Waals surface area contributed by atoms with Gasteiger partial charge in [0.2, 0.25) is 5.88 Å². The number of aliphatic carboxylic acids is 1. The maximum atomic E-state index is 13.3. The Bertz CT molecular complexity index is 839. The molecule has 1 aromatic heterocycles. The fourth-order valence-corrected chi connectivity index (χ4v) is 4.71. The number of carbonyl (C=O) groups excluding carboxylic acids is 1. The normalized spacial score (nSPS) is 24.9. The summed E-state index contributed by atoms with van der Waals surface area (Å²) in [6, 6.07) is 2.03. The van der Waals surface area contributed by atoms with Gasteiger partial charge in [-0.3, -0.25) is 4.79 Å². The van der Waals surface area contributed by atoms with Crippen molar-refractivity contribution in [3.8, 4) is 5.88 Å². The van der Waals surface area contributed by atoms with E-state index in [-0.39, 0.29) is 17.5 Å². The third-order valence-electron chi connectivity index (χ3n) is 5.44. The fraction of sp³-hybridized carbons (Fsp3) is 0.632. The van der Waals surface area contributed by atoms with Gasteiger partial charge in [0, 0.05) is 4.75 Å². The molecule has 1 N–H and O–H groups in total. The number of carbonyl (C=O) groups is 2. The summed E-state index contributed by atoms with van der Waals surface area (Å²) in [5.74, 6) is -3.51. The van der Waals surface area contributed by atoms with Crippen LogP contribution in [-0.2, 0) is 4.79 Å². The number of halogens is 2. The minimum atomic E-state index is -2.74. The first-order valence-electron chi connectivity index (χ1n) is 9.52. The van der Waals surface area contributed by atoms with Crippen LogP contribution in [0.3, 0.4) is 0 Å². The maximum Gasteiger partial charge on any atom is 0.327 e. The van der Waals surface area contributed by atoms with Gasteiger partial charge >= 0.3 is 5.97 Å². The largest absolute Gasteiger partial charge is 0.480 e. The topological polar surface area (TPSA) is 83.0 Å². The van der Waals surface area contributed by atoms with Gasteiger partial charge in [-0.25, -0.2) is 18.6 Å². The van der Waals surface area contributed by atoms with Crippen LogP contribution < -0.4 is 9.64 Å². The number of amides is 1. The predicted octanol–water partition coefficient (Wildman–Crippen LogP) is 2.70. The molecule has 10 heteroatoms. The zero-order valence-electron chi connectivity index (χ0n) is 16.2. The number of thioether (sulfide) groups is 1. The van der Waals surface area contributed by atoms with Crippen molar-refractivity contribution in [3.05, 3.63) is 17.8 Å². The molecule has 1 aromatic rings. The summed E-state index contributed by atoms with van der Waals surface area (Å²) < 4.78 is 31.8. The second kappa shape index (κ2) is 7.00. The summed E-state index contributed by atoms with van der Waals surface area (Å²) in [4.78, 5) is 31.8. The van der Waals surface area contributed by atoms with Crippen LogP contribution in [0, 0.1) is 5.92 Å². The molecule has 2 aliphatic heterocycles. The minimum absolute atomic E-state index is 0.0522. The zero-order chi connectivity index (χ0) is 21.0. The summed E-state index contributed by atoms with van der Waals surface area (Å²) in [6.45, 7) is 3.16. The molecule has 0 radical (unpaired) electrons. The monoisotopic (exact) mass is 427 g/mol. The van der Waals surface area contributed by atoms with Crippen LogP contribution in [0.1, 0.15) is 37.2 Å². The summed E-state index contributed by atoms with van der Waals surface area (Å²) in [5.41, 5.74) is 0.482. The van der Waals surface area contributed by atoms with Crippen LogP contribution in [0.4, 0.5) is 14.5 Å². The standard InChI is InChI=1S/C19H23F2N3O4S/c1-18(2)14(17(26)27)24(10-29-18)16(25)12-5-6-13(23-8-19(20,21)9-23)15(22-12)28-7-11-3-4-11/h5-6,11,14H,3-4,7-10H2,1-2H3,(H,26,27)/t14-/m1/s1. The van der Waals surface area contributed by atoms with Gasteiger partial charge in [-0.05, 0) is 44.7 Å². The van der Waals surface area contributed by atoms with Gasteiger partial charge in [0.05, 0.1) is 25.6 Å². The van der Waals surface area contributed by atoms with Crippen LogP contribution in [0.2, 0.25) is 0 Å². The summed E-state index contributed by atoms with van der Waals surface area (Å²) >= 11 is 1.39. The van der Waals surface area contributed by atoms with E-state index in [1.807, 2.05) is 0 Å². The van der Waals surface area contributed by atoms with Crippen molar-refractivity contribution in [1.29, 1.82) is 0 Å². The van der Waals surface area contributed by atoms with Gasteiger partial charge in [-0.1, -0.05) is 0 Å². The minimum Gasteiger partial charge on any atom is -0.480 e. The molecular weight excluding hydrogens is 404 g/mol. The third-order valence-corrected chi connectivity index (χ3v) is 6.81. The molecule has 1 amide bonds. The van der Waals surface area contributed by atoms with Crippen molar-refractivity contribution in [1.82, 2.24) is 9.88 Å². The molecule has 29 heavy (non-hydrogen) atoms. The lowest BCUT2D eigenvalue weighted by atomic mass is 10.0. The van der Waals surface area contributed by atoms with Gasteiger partial charge < -0.3 is 19.6 Å². The Labute approximate surface area is 171 Å². The first-order valence-corrected chi connectivity index (χ1v) is 10.5. The number of carboxylic acid groups (broad SMARTS) is 1. The van der Waals surface area contributed by atoms with E-state index < -0.39 is 41.7 Å². The van der Waals surface area contributed by atoms with E-state index in [1.54, 1.807) is 19.9 Å². The molecule has 0 spiro atoms. The summed E-state index contributed by atoms with van der Waals surface area (Å²) in [6.07, 6.45) is 2.10. The SMILES string of the molecule is CC1(C)SCN(C(=O)c2ccc(N3CC(F)(F)C3)c(OCC3CC3)n2)[C@@H]1C(=O)O. The number of alkyl halides is 2. The Morgan fingerprint density at radius 3 is 2.59 bits per heavy atom. The molecular formula is C19H23F2N3O4S. The predicted molar refractivity (Wildman–Crippen MR) is 104 cm³/mol. The van der Waals surface area contributed by atoms with E-state index in [4.69, 9.17) is 4.74 Å². The highest BCUT2D eigenvalue weighted by molar-refractivity contribution is 8.00. The molecule has 0 bridgehead atoms. The lowest BCUT2D eigenvalue weighted by Crippen LogP contribution is -2.56. The van der Waals surface area contributed by atoms with E-state index in [9.17, 15) is 23.5 Å². The number of hydrogen-bond donors (Lipinski definition) is 1. The van der Waals surface area contributed by atoms with E-state index in [0.717, 1.165) is 12.8 Å². The zero-order valence-corrected chi connectivity index (χ0v) is 17.0. The number of rotatable bonds is 6. The smallest absolute Gasteiger partial charge is 0.327 e. The first-order chi connectivity index (χ1) is 13.6. The number of hydrogen-bond acceptors (Lipinski definition) is 6. The molecule has 3 aliphatic rings. The average molecular weight is 427 g/mol. The van der Waals surface area contributed by atoms with Gasteiger partial charge in [-0.15, -0.1) is 11.8 Å². The number of anilines is 1. The van der Waals surface area contributed by atoms with Gasteiger partial charge in [0.1, 0.15) is 17.4 Å². The molecule has 2 saturated heterocycles. The molecule has 3 fully saturated rings. The van der Waals surface area contributed by atoms with Crippen LogP contribution in [0.15, 0.2) is 12.1 Å². The fourth-order valence-electron chi connectivity index (χ4n) is 3.58. The van der Waals surface area contributed by atoms with Crippen molar-refractivity contribution in [2.75, 3.05) is 30.5 Å². The Balaban J connectivity index is 1.59. The lowest BCUT2D eigenvalue weighted by molar-refractivity contribution is -0.142. The number of nitrogens with zero attached hydrogens (tertiary/aromatic N) is 3. The highest BCUT2D eigenvalue weighted by Crippen LogP contribution is 2.41. The van der Waals surface area contributed by atoms with E-state index in [1.165, 1.54) is 27.6 Å². The average Bonchev–Trinajstić information content (AvgIpc) is 3.38. The molecule has 0 aromatic carbocycles. The Kier molecular flexibility index (Phi) is 4.87. The van der Waals surface area contributed by atoms with Crippen LogP contribution in [0.5, 0.6) is 5.88 Å². The van der Waals surface area contributed by atoms with E-state index >= 15 is 0 Å². The molecule has 7 nitrogen and oxygen atoms in total. The summed E-state index contributed by atoms with van der Waals surface area (Å²) in [5, 5.41) is 9.60. The van der Waals surface area contributed by atoms with Crippen molar-refractivity contribution < 1.29 is 28.2 Å². The second-order valence-corrected chi connectivity index (χ2v) is 9.98. The number of ether oxygens (including phenoxy) is 1. The molecule has 158 valence electrons. The van der Waals surface area contributed by atoms with Gasteiger partial charge in [0.15, 0.2) is 0 Å². The van der Waals surface area contributed by atoms with Gasteiger partial charge in [-0.2, -0.15) is 0 Å². The third kappa shape index (κ3) is 3.99. The lowest BCUT2D eigenvalue weighted by Gasteiger charge is -2.40. The Morgan fingerprint density at radius 1 is 1.31 bits per heavy atom. The van der Waals surface area contributed by atoms with Crippen molar-refractivity contribution >= 4 is 29.3 Å². The number of pyridine rings is 1. The molecule has 1 saturated carbocycles. The number of carboxylic acids is 1. The summed E-state index contributed by atoms with van der Waals surface area (Å²) in [7, 11) is 0. The Hall–Kier alpha value is -2.10. The molecule has 1 aliphatic carbocycles. The molecule has 4 rings (SSSR count). The molecule has 1 atom stereocenters. The van der Waals surface area contributed by atoms with E-state index in [2.05, 4.69) is 4.98 Å². The maximum absolute atomic E-state index is 13.3. The molecule has 3 heterocycles. The first kappa shape index (κ1) is 20.2. The van der Waals surface area contributed by atoms with Crippen LogP contribution >= 0.6 is 11.8 Å². The highest BCUT2D eigenvalue weighted by atomic mass is 32.2. The van der Waals surface area contributed by atoms with Crippen LogP contribution in [-0.4, -0.2) is 69.2 Å². The Morgan fingerprint density at radius 2 is 2.00 bits per heavy atom. The van der Waals surface area contributed by atoms with Crippen LogP contribution in [0.25, 0.3) is 0 Å². The van der Waals surface area contributed by atoms with Crippen molar-refractivity contribution in [2.24, 2.45) is 5.92 Å². The van der Waals surface area contributed by atoms with Crippen molar-refractivity contribution in [3.63, 3.8) is 0 Å². The molecule has 0 unspecified atom stereocenters. The van der Waals surface area contributed by atoms with Crippen molar-refractivity contribution in [2.45, 2.75) is 43.4 Å². The quantitative estimate of drug-likeness (QED) is 0.747. The van der Waals surface area contributed by atoms with Gasteiger partial charge in [0.25, 0.3) is 11.8 Å². The van der Waals surface area contributed by atoms with E-state index in [0.29, 0.717) is 18.2 Å².